The molecule has 1 aliphatic heterocycles. The van der Waals surface area contributed by atoms with Gasteiger partial charge in [0.05, 0.1) is 0 Å². The Labute approximate surface area is 66.6 Å². The molecule has 0 bridgehead atoms. The topological polar surface area (TPSA) is 29.3 Å². The minimum atomic E-state index is -0.334. The molecule has 11 heavy (non-hydrogen) atoms. The van der Waals surface area contributed by atoms with Crippen LogP contribution in [-0.2, 0) is 9.53 Å². The third-order valence-electron chi connectivity index (χ3n) is 1.78. The van der Waals surface area contributed by atoms with Crippen molar-refractivity contribution in [2.45, 2.75) is 13.0 Å². The lowest BCUT2D eigenvalue weighted by atomic mass is 10.6. The average Bonchev–Trinajstić information content (AvgIpc) is 2.66. The highest BCUT2D eigenvalue weighted by Gasteiger charge is 2.27. The summed E-state index contributed by atoms with van der Waals surface area (Å²) in [5.41, 5.74) is 0. The quantitative estimate of drug-likeness (QED) is 0.335. The van der Waals surface area contributed by atoms with Crippen LogP contribution in [0.1, 0.15) is 6.92 Å². The summed E-state index contributed by atoms with van der Waals surface area (Å²) < 4.78 is 4.79. The van der Waals surface area contributed by atoms with Crippen molar-refractivity contribution in [1.82, 2.24) is 4.90 Å². The van der Waals surface area contributed by atoms with Crippen LogP contribution >= 0.6 is 0 Å². The third kappa shape index (κ3) is 2.72. The van der Waals surface area contributed by atoms with Crippen LogP contribution in [0.4, 0.5) is 0 Å². The fourth-order valence-corrected chi connectivity index (χ4v) is 0.926. The van der Waals surface area contributed by atoms with Crippen molar-refractivity contribution >= 4 is 5.97 Å². The number of ether oxygens (including phenoxy) is 1. The molecule has 0 saturated carbocycles. The van der Waals surface area contributed by atoms with Crippen LogP contribution < -0.4 is 0 Å². The van der Waals surface area contributed by atoms with Gasteiger partial charge in [-0.05, 0) is 6.92 Å². The van der Waals surface area contributed by atoms with Crippen molar-refractivity contribution in [1.29, 1.82) is 0 Å². The zero-order valence-electron chi connectivity index (χ0n) is 6.75. The number of rotatable bonds is 4. The standard InChI is InChI=1S/C8H13NO2/c1-3-8(10)11-5-4-9-6-7(9)2/h3,7H,1,4-6H2,2H3. The van der Waals surface area contributed by atoms with Gasteiger partial charge < -0.3 is 4.74 Å². The number of hydrogen-bond donors (Lipinski definition) is 0. The summed E-state index contributed by atoms with van der Waals surface area (Å²) in [5.74, 6) is -0.334. The van der Waals surface area contributed by atoms with Crippen LogP contribution in [0.2, 0.25) is 0 Å². The van der Waals surface area contributed by atoms with Crippen molar-refractivity contribution in [3.8, 4) is 0 Å². The molecule has 0 aromatic rings. The highest BCUT2D eigenvalue weighted by molar-refractivity contribution is 5.81. The Morgan fingerprint density at radius 3 is 3.00 bits per heavy atom. The minimum absolute atomic E-state index is 0.334. The largest absolute Gasteiger partial charge is 0.461 e. The van der Waals surface area contributed by atoms with Crippen LogP contribution in [0.3, 0.4) is 0 Å². The second-order valence-corrected chi connectivity index (χ2v) is 2.72. The van der Waals surface area contributed by atoms with E-state index in [4.69, 9.17) is 4.74 Å². The second kappa shape index (κ2) is 3.53. The second-order valence-electron chi connectivity index (χ2n) is 2.72. The maximum absolute atomic E-state index is 10.5. The smallest absolute Gasteiger partial charge is 0.330 e. The molecule has 0 aromatic carbocycles. The molecule has 3 nitrogen and oxygen atoms in total. The zero-order valence-corrected chi connectivity index (χ0v) is 6.75. The van der Waals surface area contributed by atoms with Gasteiger partial charge in [-0.25, -0.2) is 4.79 Å². The van der Waals surface area contributed by atoms with Crippen LogP contribution in [0.25, 0.3) is 0 Å². The van der Waals surface area contributed by atoms with Gasteiger partial charge in [-0.15, -0.1) is 0 Å². The van der Waals surface area contributed by atoms with Crippen LogP contribution in [0, 0.1) is 0 Å². The number of esters is 1. The lowest BCUT2D eigenvalue weighted by Gasteiger charge is -2.01. The highest BCUT2D eigenvalue weighted by atomic mass is 16.5. The van der Waals surface area contributed by atoms with Gasteiger partial charge in [0.2, 0.25) is 0 Å². The summed E-state index contributed by atoms with van der Waals surface area (Å²) >= 11 is 0. The van der Waals surface area contributed by atoms with Crippen LogP contribution in [0.5, 0.6) is 0 Å². The van der Waals surface area contributed by atoms with E-state index >= 15 is 0 Å². The van der Waals surface area contributed by atoms with Crippen molar-refractivity contribution < 1.29 is 9.53 Å². The lowest BCUT2D eigenvalue weighted by Crippen LogP contribution is -2.12. The van der Waals surface area contributed by atoms with Gasteiger partial charge in [0.15, 0.2) is 0 Å². The molecule has 0 aliphatic carbocycles. The van der Waals surface area contributed by atoms with Crippen molar-refractivity contribution in [3.05, 3.63) is 12.7 Å². The molecule has 1 fully saturated rings. The first-order chi connectivity index (χ1) is 5.24. The van der Waals surface area contributed by atoms with E-state index in [9.17, 15) is 4.79 Å². The lowest BCUT2D eigenvalue weighted by molar-refractivity contribution is -0.137. The predicted molar refractivity (Wildman–Crippen MR) is 42.2 cm³/mol. The van der Waals surface area contributed by atoms with E-state index in [1.165, 1.54) is 6.08 Å². The Morgan fingerprint density at radius 1 is 1.91 bits per heavy atom. The highest BCUT2D eigenvalue weighted by Crippen LogP contribution is 2.14. The maximum atomic E-state index is 10.5. The summed E-state index contributed by atoms with van der Waals surface area (Å²) in [6.07, 6.45) is 1.19. The van der Waals surface area contributed by atoms with Crippen molar-refractivity contribution in [2.75, 3.05) is 19.7 Å². The molecule has 1 rings (SSSR count). The van der Waals surface area contributed by atoms with Gasteiger partial charge in [-0.3, -0.25) is 4.90 Å². The Bertz CT molecular complexity index is 167. The van der Waals surface area contributed by atoms with Gasteiger partial charge in [0, 0.05) is 25.2 Å². The molecular formula is C8H13NO2. The third-order valence-corrected chi connectivity index (χ3v) is 1.78. The normalized spacial score (nSPS) is 27.7. The molecule has 3 heteroatoms. The summed E-state index contributed by atoms with van der Waals surface area (Å²) in [6.45, 7) is 7.91. The summed E-state index contributed by atoms with van der Waals surface area (Å²) in [5, 5.41) is 0. The zero-order chi connectivity index (χ0) is 8.27. The van der Waals surface area contributed by atoms with E-state index in [0.717, 1.165) is 13.1 Å². The first kappa shape index (κ1) is 8.27. The number of hydrogen-bond acceptors (Lipinski definition) is 3. The Morgan fingerprint density at radius 2 is 2.55 bits per heavy atom. The molecule has 2 unspecified atom stereocenters. The Kier molecular flexibility index (Phi) is 2.65. The molecule has 2 atom stereocenters. The molecule has 0 amide bonds. The number of nitrogens with zero attached hydrogens (tertiary/aromatic N) is 1. The Balaban J connectivity index is 1.96. The summed E-state index contributed by atoms with van der Waals surface area (Å²) in [4.78, 5) is 12.8. The number of carbonyl (C=O) groups is 1. The van der Waals surface area contributed by atoms with Crippen molar-refractivity contribution in [3.63, 3.8) is 0 Å². The van der Waals surface area contributed by atoms with Gasteiger partial charge in [-0.2, -0.15) is 0 Å². The average molecular weight is 155 g/mol. The Hall–Kier alpha value is -0.830. The van der Waals surface area contributed by atoms with E-state index in [1.807, 2.05) is 0 Å². The molecular weight excluding hydrogens is 142 g/mol. The molecule has 0 spiro atoms. The monoisotopic (exact) mass is 155 g/mol. The maximum Gasteiger partial charge on any atom is 0.330 e. The molecule has 1 aliphatic rings. The fraction of sp³-hybridized carbons (Fsp3) is 0.625. The minimum Gasteiger partial charge on any atom is -0.461 e. The van der Waals surface area contributed by atoms with E-state index in [0.29, 0.717) is 12.6 Å². The molecule has 1 heterocycles. The first-order valence-corrected chi connectivity index (χ1v) is 3.77. The van der Waals surface area contributed by atoms with Crippen LogP contribution in [0.15, 0.2) is 12.7 Å². The van der Waals surface area contributed by atoms with Crippen molar-refractivity contribution in [2.24, 2.45) is 0 Å². The first-order valence-electron chi connectivity index (χ1n) is 3.77. The number of carbonyl (C=O) groups excluding carboxylic acids is 1. The fourth-order valence-electron chi connectivity index (χ4n) is 0.926. The van der Waals surface area contributed by atoms with E-state index < -0.39 is 0 Å². The molecule has 0 aromatic heterocycles. The van der Waals surface area contributed by atoms with Gasteiger partial charge in [-0.1, -0.05) is 6.58 Å². The molecule has 1 saturated heterocycles. The van der Waals surface area contributed by atoms with Gasteiger partial charge in [0.25, 0.3) is 0 Å². The van der Waals surface area contributed by atoms with E-state index in [1.54, 1.807) is 0 Å². The summed E-state index contributed by atoms with van der Waals surface area (Å²) in [7, 11) is 0. The molecule has 62 valence electrons. The predicted octanol–water partition coefficient (Wildman–Crippen LogP) is 0.420. The van der Waals surface area contributed by atoms with Crippen LogP contribution in [-0.4, -0.2) is 36.6 Å². The van der Waals surface area contributed by atoms with Gasteiger partial charge >= 0.3 is 5.97 Å². The molecule has 0 radical (unpaired) electrons. The molecule has 0 N–H and O–H groups in total. The SMILES string of the molecule is C=CC(=O)OCCN1CC1C. The van der Waals surface area contributed by atoms with E-state index in [2.05, 4.69) is 18.4 Å². The van der Waals surface area contributed by atoms with Gasteiger partial charge in [0.1, 0.15) is 6.61 Å². The van der Waals surface area contributed by atoms with E-state index in [-0.39, 0.29) is 5.97 Å². The summed E-state index contributed by atoms with van der Waals surface area (Å²) in [6, 6.07) is 0.678.